The molecule has 1 amide bonds. The molecule has 1 aromatic heterocycles. The van der Waals surface area contributed by atoms with Crippen molar-refractivity contribution in [3.63, 3.8) is 0 Å². The largest absolute Gasteiger partial charge is 0.490 e. The van der Waals surface area contributed by atoms with Gasteiger partial charge in [0.25, 0.3) is 5.91 Å². The summed E-state index contributed by atoms with van der Waals surface area (Å²) in [5.74, 6) is -2.81. The van der Waals surface area contributed by atoms with Gasteiger partial charge in [0.05, 0.1) is 5.69 Å². The Labute approximate surface area is 194 Å². The standard InChI is InChI=1S/C21H23N5O.C2HF3O2/c1-25(2)20-8-4-5-15-16(6-3-7-17(15)20)18-9-10-19(24-23-18)21(27)26-13-11-22-12-14-26;3-2(4,5)1(6)7/h3-10,22H,11-14H2,1-2H3;(H,6,7). The van der Waals surface area contributed by atoms with E-state index in [1.165, 1.54) is 5.39 Å². The topological polar surface area (TPSA) is 98.7 Å². The number of amides is 1. The summed E-state index contributed by atoms with van der Waals surface area (Å²) in [7, 11) is 4.08. The maximum Gasteiger partial charge on any atom is 0.490 e. The molecule has 0 aliphatic carbocycles. The number of aliphatic carboxylic acids is 1. The lowest BCUT2D eigenvalue weighted by Gasteiger charge is -2.26. The van der Waals surface area contributed by atoms with Crippen LogP contribution in [0.4, 0.5) is 18.9 Å². The molecule has 2 aromatic carbocycles. The molecule has 0 saturated carbocycles. The van der Waals surface area contributed by atoms with Crippen LogP contribution in [0.15, 0.2) is 48.5 Å². The van der Waals surface area contributed by atoms with Gasteiger partial charge in [0.2, 0.25) is 0 Å². The molecule has 180 valence electrons. The molecule has 1 fully saturated rings. The van der Waals surface area contributed by atoms with Gasteiger partial charge in [-0.15, -0.1) is 10.2 Å². The number of fused-ring (bicyclic) bond motifs is 1. The first-order chi connectivity index (χ1) is 16.1. The lowest BCUT2D eigenvalue weighted by atomic mass is 10.0. The average Bonchev–Trinajstić information content (AvgIpc) is 2.83. The fourth-order valence-electron chi connectivity index (χ4n) is 3.53. The summed E-state index contributed by atoms with van der Waals surface area (Å²) in [6, 6.07) is 16.1. The highest BCUT2D eigenvalue weighted by atomic mass is 19.4. The summed E-state index contributed by atoms with van der Waals surface area (Å²) < 4.78 is 31.7. The number of alkyl halides is 3. The van der Waals surface area contributed by atoms with Crippen molar-refractivity contribution in [2.75, 3.05) is 45.2 Å². The number of rotatable bonds is 3. The van der Waals surface area contributed by atoms with E-state index in [1.54, 1.807) is 6.07 Å². The van der Waals surface area contributed by atoms with Gasteiger partial charge in [-0.2, -0.15) is 13.2 Å². The molecule has 4 rings (SSSR count). The smallest absolute Gasteiger partial charge is 0.475 e. The molecule has 0 bridgehead atoms. The molecule has 1 aliphatic heterocycles. The van der Waals surface area contributed by atoms with Gasteiger partial charge in [-0.1, -0.05) is 30.3 Å². The van der Waals surface area contributed by atoms with Gasteiger partial charge in [-0.25, -0.2) is 4.79 Å². The highest BCUT2D eigenvalue weighted by Crippen LogP contribution is 2.32. The monoisotopic (exact) mass is 475 g/mol. The number of benzene rings is 2. The Balaban J connectivity index is 0.000000406. The van der Waals surface area contributed by atoms with Gasteiger partial charge in [-0.05, 0) is 23.6 Å². The minimum absolute atomic E-state index is 0.0524. The third-order valence-corrected chi connectivity index (χ3v) is 5.19. The molecular weight excluding hydrogens is 451 g/mol. The van der Waals surface area contributed by atoms with Gasteiger partial charge in [0, 0.05) is 56.9 Å². The fraction of sp³-hybridized carbons (Fsp3) is 0.304. The van der Waals surface area contributed by atoms with Gasteiger partial charge in [-0.3, -0.25) is 4.79 Å². The van der Waals surface area contributed by atoms with Crippen LogP contribution in [0.2, 0.25) is 0 Å². The number of nitrogens with zero attached hydrogens (tertiary/aromatic N) is 4. The number of anilines is 1. The average molecular weight is 475 g/mol. The molecule has 0 unspecified atom stereocenters. The van der Waals surface area contributed by atoms with E-state index >= 15 is 0 Å². The summed E-state index contributed by atoms with van der Waals surface area (Å²) in [6.07, 6.45) is -5.08. The molecule has 34 heavy (non-hydrogen) atoms. The Kier molecular flexibility index (Phi) is 7.67. The number of carbonyl (C=O) groups excluding carboxylic acids is 1. The minimum Gasteiger partial charge on any atom is -0.475 e. The van der Waals surface area contributed by atoms with Crippen LogP contribution in [0.5, 0.6) is 0 Å². The minimum atomic E-state index is -5.08. The third-order valence-electron chi connectivity index (χ3n) is 5.19. The number of aromatic nitrogens is 2. The van der Waals surface area contributed by atoms with Crippen LogP contribution in [-0.2, 0) is 4.79 Å². The molecule has 1 saturated heterocycles. The van der Waals surface area contributed by atoms with Crippen LogP contribution >= 0.6 is 0 Å². The molecule has 11 heteroatoms. The van der Waals surface area contributed by atoms with Gasteiger partial charge in [0.1, 0.15) is 0 Å². The number of hydrogen-bond donors (Lipinski definition) is 2. The molecule has 2 N–H and O–H groups in total. The van der Waals surface area contributed by atoms with E-state index in [0.717, 1.165) is 35.4 Å². The SMILES string of the molecule is CN(C)c1cccc2c(-c3ccc(C(=O)N4CCNCC4)nn3)cccc12.O=C(O)C(F)(F)F. The summed E-state index contributed by atoms with van der Waals surface area (Å²) in [5, 5.41) is 21.3. The Hall–Kier alpha value is -3.73. The first-order valence-electron chi connectivity index (χ1n) is 10.4. The zero-order chi connectivity index (χ0) is 24.9. The molecule has 1 aliphatic rings. The maximum atomic E-state index is 12.6. The first-order valence-corrected chi connectivity index (χ1v) is 10.4. The fourth-order valence-corrected chi connectivity index (χ4v) is 3.53. The van der Waals surface area contributed by atoms with Crippen molar-refractivity contribution in [2.24, 2.45) is 0 Å². The van der Waals surface area contributed by atoms with E-state index in [-0.39, 0.29) is 5.91 Å². The number of carbonyl (C=O) groups is 2. The Morgan fingerprint density at radius 2 is 1.59 bits per heavy atom. The van der Waals surface area contributed by atoms with Gasteiger partial charge < -0.3 is 20.2 Å². The van der Waals surface area contributed by atoms with Gasteiger partial charge >= 0.3 is 12.1 Å². The number of hydrogen-bond acceptors (Lipinski definition) is 6. The number of carboxylic acid groups (broad SMARTS) is 1. The number of piperazine rings is 1. The van der Waals surface area contributed by atoms with Crippen molar-refractivity contribution in [1.29, 1.82) is 0 Å². The van der Waals surface area contributed by atoms with Crippen molar-refractivity contribution >= 4 is 28.3 Å². The van der Waals surface area contributed by atoms with Crippen LogP contribution in [0.25, 0.3) is 22.0 Å². The van der Waals surface area contributed by atoms with E-state index in [4.69, 9.17) is 9.90 Å². The van der Waals surface area contributed by atoms with E-state index in [0.29, 0.717) is 18.8 Å². The van der Waals surface area contributed by atoms with Crippen molar-refractivity contribution in [1.82, 2.24) is 20.4 Å². The molecule has 0 spiro atoms. The molecule has 0 atom stereocenters. The first kappa shape index (κ1) is 24.9. The number of halogens is 3. The Bertz CT molecular complexity index is 1160. The summed E-state index contributed by atoms with van der Waals surface area (Å²) in [6.45, 7) is 3.06. The van der Waals surface area contributed by atoms with Crippen molar-refractivity contribution < 1.29 is 27.9 Å². The van der Waals surface area contributed by atoms with Crippen LogP contribution in [0, 0.1) is 0 Å². The molecule has 3 aromatic rings. The summed E-state index contributed by atoms with van der Waals surface area (Å²) in [4.78, 5) is 25.4. The zero-order valence-electron chi connectivity index (χ0n) is 18.6. The van der Waals surface area contributed by atoms with Crippen LogP contribution in [-0.4, -0.2) is 78.5 Å². The van der Waals surface area contributed by atoms with Crippen molar-refractivity contribution in [3.8, 4) is 11.3 Å². The lowest BCUT2D eigenvalue weighted by Crippen LogP contribution is -2.46. The van der Waals surface area contributed by atoms with E-state index in [9.17, 15) is 18.0 Å². The Morgan fingerprint density at radius 1 is 0.971 bits per heavy atom. The predicted octanol–water partition coefficient (Wildman–Crippen LogP) is 3.04. The predicted molar refractivity (Wildman–Crippen MR) is 122 cm³/mol. The summed E-state index contributed by atoms with van der Waals surface area (Å²) in [5.41, 5.74) is 3.35. The normalized spacial score (nSPS) is 13.7. The van der Waals surface area contributed by atoms with Crippen LogP contribution in [0.1, 0.15) is 10.5 Å². The highest BCUT2D eigenvalue weighted by molar-refractivity contribution is 6.02. The molecular formula is C23H24F3N5O3. The van der Waals surface area contributed by atoms with E-state index in [1.807, 2.05) is 37.2 Å². The number of nitrogens with one attached hydrogen (secondary N) is 1. The maximum absolute atomic E-state index is 12.6. The van der Waals surface area contributed by atoms with Crippen LogP contribution < -0.4 is 10.2 Å². The van der Waals surface area contributed by atoms with Gasteiger partial charge in [0.15, 0.2) is 5.69 Å². The van der Waals surface area contributed by atoms with Crippen molar-refractivity contribution in [3.05, 3.63) is 54.2 Å². The second-order valence-corrected chi connectivity index (χ2v) is 7.72. The Morgan fingerprint density at radius 3 is 2.15 bits per heavy atom. The quantitative estimate of drug-likeness (QED) is 0.601. The number of carboxylic acids is 1. The lowest BCUT2D eigenvalue weighted by molar-refractivity contribution is -0.192. The molecule has 8 nitrogen and oxygen atoms in total. The molecule has 2 heterocycles. The molecule has 0 radical (unpaired) electrons. The summed E-state index contributed by atoms with van der Waals surface area (Å²) >= 11 is 0. The van der Waals surface area contributed by atoms with Crippen LogP contribution in [0.3, 0.4) is 0 Å². The zero-order valence-corrected chi connectivity index (χ0v) is 18.6. The van der Waals surface area contributed by atoms with E-state index in [2.05, 4.69) is 44.7 Å². The van der Waals surface area contributed by atoms with E-state index < -0.39 is 12.1 Å². The second kappa shape index (κ2) is 10.5. The second-order valence-electron chi connectivity index (χ2n) is 7.72. The van der Waals surface area contributed by atoms with Crippen molar-refractivity contribution in [2.45, 2.75) is 6.18 Å². The third kappa shape index (κ3) is 5.79. The highest BCUT2D eigenvalue weighted by Gasteiger charge is 2.38.